The number of para-hydroxylation sites is 2. The Morgan fingerprint density at radius 3 is 2.50 bits per heavy atom. The van der Waals surface area contributed by atoms with E-state index in [1.54, 1.807) is 24.3 Å². The van der Waals surface area contributed by atoms with Gasteiger partial charge in [0.1, 0.15) is 0 Å². The summed E-state index contributed by atoms with van der Waals surface area (Å²) >= 11 is 0. The van der Waals surface area contributed by atoms with E-state index >= 15 is 0 Å². The fourth-order valence-electron chi connectivity index (χ4n) is 1.87. The van der Waals surface area contributed by atoms with E-state index in [0.29, 0.717) is 11.4 Å². The number of urea groups is 1. The summed E-state index contributed by atoms with van der Waals surface area (Å²) in [6.45, 7) is 0. The van der Waals surface area contributed by atoms with E-state index in [2.05, 4.69) is 10.6 Å². The predicted octanol–water partition coefficient (Wildman–Crippen LogP) is 2.98. The van der Waals surface area contributed by atoms with E-state index in [4.69, 9.17) is 5.73 Å². The van der Waals surface area contributed by atoms with Crippen LogP contribution >= 0.6 is 0 Å². The average Bonchev–Trinajstić information content (AvgIpc) is 2.38. The summed E-state index contributed by atoms with van der Waals surface area (Å²) in [5.74, 6) is 0. The number of carbonyl (C=O) groups excluding carboxylic acids is 1. The molecule has 0 saturated carbocycles. The molecule has 0 aromatic heterocycles. The van der Waals surface area contributed by atoms with Crippen LogP contribution < -0.4 is 21.3 Å². The number of rotatable bonds is 3. The minimum Gasteiger partial charge on any atom is -0.399 e. The first kappa shape index (κ1) is 13.7. The summed E-state index contributed by atoms with van der Waals surface area (Å²) in [5.41, 5.74) is 8.63. The van der Waals surface area contributed by atoms with Crippen LogP contribution in [0, 0.1) is 0 Å². The molecule has 104 valence electrons. The lowest BCUT2D eigenvalue weighted by Gasteiger charge is -2.18. The topological polar surface area (TPSA) is 70.4 Å². The highest BCUT2D eigenvalue weighted by molar-refractivity contribution is 6.02. The van der Waals surface area contributed by atoms with Crippen LogP contribution in [0.2, 0.25) is 0 Å². The standard InChI is InChI=1S/C15H18N4O/c1-19(2)14-9-4-3-8-13(14)18-15(20)17-12-7-5-6-11(16)10-12/h3-10H,16H2,1-2H3,(H2,17,18,20). The predicted molar refractivity (Wildman–Crippen MR) is 84.3 cm³/mol. The number of hydrogen-bond donors (Lipinski definition) is 3. The van der Waals surface area contributed by atoms with Crippen LogP contribution in [0.3, 0.4) is 0 Å². The third kappa shape index (κ3) is 3.41. The Balaban J connectivity index is 2.09. The summed E-state index contributed by atoms with van der Waals surface area (Å²) in [6.07, 6.45) is 0. The lowest BCUT2D eigenvalue weighted by molar-refractivity contribution is 0.262. The lowest BCUT2D eigenvalue weighted by Crippen LogP contribution is -2.21. The minimum atomic E-state index is -0.301. The zero-order valence-electron chi connectivity index (χ0n) is 11.6. The van der Waals surface area contributed by atoms with Crippen molar-refractivity contribution >= 4 is 28.8 Å². The van der Waals surface area contributed by atoms with Crippen molar-refractivity contribution in [2.24, 2.45) is 0 Å². The molecule has 0 atom stereocenters. The zero-order chi connectivity index (χ0) is 14.5. The SMILES string of the molecule is CN(C)c1ccccc1NC(=O)Nc1cccc(N)c1. The van der Waals surface area contributed by atoms with Gasteiger partial charge in [-0.15, -0.1) is 0 Å². The number of nitrogen functional groups attached to an aromatic ring is 1. The molecule has 0 bridgehead atoms. The first-order valence-corrected chi connectivity index (χ1v) is 6.26. The van der Waals surface area contributed by atoms with Crippen LogP contribution in [-0.2, 0) is 0 Å². The monoisotopic (exact) mass is 270 g/mol. The molecule has 5 nitrogen and oxygen atoms in total. The van der Waals surface area contributed by atoms with Gasteiger partial charge in [0.05, 0.1) is 11.4 Å². The van der Waals surface area contributed by atoms with Crippen molar-refractivity contribution in [1.82, 2.24) is 0 Å². The Morgan fingerprint density at radius 2 is 1.80 bits per heavy atom. The molecule has 20 heavy (non-hydrogen) atoms. The van der Waals surface area contributed by atoms with E-state index < -0.39 is 0 Å². The molecule has 2 aromatic rings. The normalized spacial score (nSPS) is 9.90. The van der Waals surface area contributed by atoms with Crippen molar-refractivity contribution in [3.05, 3.63) is 48.5 Å². The molecular weight excluding hydrogens is 252 g/mol. The summed E-state index contributed by atoms with van der Waals surface area (Å²) in [6, 6.07) is 14.3. The number of anilines is 4. The molecule has 0 spiro atoms. The number of hydrogen-bond acceptors (Lipinski definition) is 3. The third-order valence-corrected chi connectivity index (χ3v) is 2.78. The highest BCUT2D eigenvalue weighted by Gasteiger charge is 2.07. The Morgan fingerprint density at radius 1 is 1.05 bits per heavy atom. The van der Waals surface area contributed by atoms with E-state index in [9.17, 15) is 4.79 Å². The van der Waals surface area contributed by atoms with E-state index in [1.165, 1.54) is 0 Å². The Bertz CT molecular complexity index is 610. The van der Waals surface area contributed by atoms with Crippen LogP contribution in [0.1, 0.15) is 0 Å². The molecule has 0 aliphatic carbocycles. The van der Waals surface area contributed by atoms with Crippen molar-refractivity contribution in [1.29, 1.82) is 0 Å². The first-order chi connectivity index (χ1) is 9.56. The van der Waals surface area contributed by atoms with Gasteiger partial charge in [0.15, 0.2) is 0 Å². The van der Waals surface area contributed by atoms with E-state index in [1.807, 2.05) is 43.3 Å². The number of amides is 2. The molecule has 0 fully saturated rings. The van der Waals surface area contributed by atoms with Crippen LogP contribution in [-0.4, -0.2) is 20.1 Å². The van der Waals surface area contributed by atoms with Crippen molar-refractivity contribution in [3.63, 3.8) is 0 Å². The molecular formula is C15H18N4O. The quantitative estimate of drug-likeness (QED) is 0.751. The second-order valence-corrected chi connectivity index (χ2v) is 4.62. The molecule has 2 rings (SSSR count). The van der Waals surface area contributed by atoms with E-state index in [0.717, 1.165) is 11.4 Å². The molecule has 0 radical (unpaired) electrons. The van der Waals surface area contributed by atoms with Crippen LogP contribution in [0.15, 0.2) is 48.5 Å². The summed E-state index contributed by atoms with van der Waals surface area (Å²) in [4.78, 5) is 13.9. The van der Waals surface area contributed by atoms with Crippen LogP contribution in [0.25, 0.3) is 0 Å². The van der Waals surface area contributed by atoms with Crippen molar-refractivity contribution in [2.45, 2.75) is 0 Å². The third-order valence-electron chi connectivity index (χ3n) is 2.78. The summed E-state index contributed by atoms with van der Waals surface area (Å²) in [7, 11) is 3.85. The molecule has 0 aliphatic rings. The maximum Gasteiger partial charge on any atom is 0.323 e. The average molecular weight is 270 g/mol. The fraction of sp³-hybridized carbons (Fsp3) is 0.133. The molecule has 5 heteroatoms. The van der Waals surface area contributed by atoms with Crippen LogP contribution in [0.5, 0.6) is 0 Å². The van der Waals surface area contributed by atoms with Gasteiger partial charge in [0, 0.05) is 25.5 Å². The highest BCUT2D eigenvalue weighted by atomic mass is 16.2. The second-order valence-electron chi connectivity index (χ2n) is 4.62. The smallest absolute Gasteiger partial charge is 0.323 e. The summed E-state index contributed by atoms with van der Waals surface area (Å²) in [5, 5.41) is 5.58. The Kier molecular flexibility index (Phi) is 4.10. The maximum absolute atomic E-state index is 12.0. The first-order valence-electron chi connectivity index (χ1n) is 6.26. The number of nitrogens with one attached hydrogen (secondary N) is 2. The number of nitrogens with zero attached hydrogens (tertiary/aromatic N) is 1. The van der Waals surface area contributed by atoms with Gasteiger partial charge in [0.2, 0.25) is 0 Å². The van der Waals surface area contributed by atoms with Gasteiger partial charge in [0.25, 0.3) is 0 Å². The second kappa shape index (κ2) is 5.97. The molecule has 4 N–H and O–H groups in total. The summed E-state index contributed by atoms with van der Waals surface area (Å²) < 4.78 is 0. The zero-order valence-corrected chi connectivity index (χ0v) is 11.6. The fourth-order valence-corrected chi connectivity index (χ4v) is 1.87. The lowest BCUT2D eigenvalue weighted by atomic mass is 10.2. The van der Waals surface area contributed by atoms with Gasteiger partial charge in [-0.1, -0.05) is 18.2 Å². The Labute approximate surface area is 118 Å². The number of benzene rings is 2. The minimum absolute atomic E-state index is 0.301. The molecule has 0 unspecified atom stereocenters. The van der Waals surface area contributed by atoms with Gasteiger partial charge < -0.3 is 21.3 Å². The van der Waals surface area contributed by atoms with Crippen LogP contribution in [0.4, 0.5) is 27.5 Å². The largest absolute Gasteiger partial charge is 0.399 e. The van der Waals surface area contributed by atoms with Crippen molar-refractivity contribution < 1.29 is 4.79 Å². The molecule has 0 heterocycles. The molecule has 0 aliphatic heterocycles. The van der Waals surface area contributed by atoms with Gasteiger partial charge in [-0.2, -0.15) is 0 Å². The number of nitrogens with two attached hydrogens (primary N) is 1. The maximum atomic E-state index is 12.0. The van der Waals surface area contributed by atoms with Crippen molar-refractivity contribution in [3.8, 4) is 0 Å². The highest BCUT2D eigenvalue weighted by Crippen LogP contribution is 2.23. The van der Waals surface area contributed by atoms with E-state index in [-0.39, 0.29) is 6.03 Å². The molecule has 2 aromatic carbocycles. The molecule has 2 amide bonds. The van der Waals surface area contributed by atoms with Gasteiger partial charge in [-0.25, -0.2) is 4.79 Å². The van der Waals surface area contributed by atoms with Gasteiger partial charge >= 0.3 is 6.03 Å². The Hall–Kier alpha value is -2.69. The van der Waals surface area contributed by atoms with Gasteiger partial charge in [-0.05, 0) is 30.3 Å². The number of carbonyl (C=O) groups is 1. The molecule has 0 saturated heterocycles. The van der Waals surface area contributed by atoms with Crippen molar-refractivity contribution in [2.75, 3.05) is 35.4 Å². The van der Waals surface area contributed by atoms with Gasteiger partial charge in [-0.3, -0.25) is 0 Å².